The van der Waals surface area contributed by atoms with Crippen molar-refractivity contribution in [3.05, 3.63) is 216 Å². The summed E-state index contributed by atoms with van der Waals surface area (Å²) in [4.78, 5) is 14.3. The van der Waals surface area contributed by atoms with Gasteiger partial charge in [-0.15, -0.1) is 54.1 Å². The predicted molar refractivity (Wildman–Crippen MR) is 320 cm³/mol. The number of nitrogens with zero attached hydrogens (tertiary/aromatic N) is 4. The molecule has 0 unspecified atom stereocenters. The summed E-state index contributed by atoms with van der Waals surface area (Å²) in [5.41, 5.74) is 19.4. The van der Waals surface area contributed by atoms with Crippen LogP contribution in [0.3, 0.4) is 0 Å². The maximum Gasteiger partial charge on any atom is 0.121 e. The molecule has 0 aliphatic heterocycles. The zero-order valence-corrected chi connectivity index (χ0v) is 48.7. The first-order valence-corrected chi connectivity index (χ1v) is 26.8. The van der Waals surface area contributed by atoms with Gasteiger partial charge in [0.1, 0.15) is 5.58 Å². The second kappa shape index (κ2) is 20.8. The van der Waals surface area contributed by atoms with Gasteiger partial charge in [-0.3, -0.25) is 15.0 Å². The predicted octanol–water partition coefficient (Wildman–Crippen LogP) is 19.4. The maximum absolute atomic E-state index is 6.92. The van der Waals surface area contributed by atoms with Gasteiger partial charge in [-0.25, -0.2) is 0 Å². The third-order valence-electron chi connectivity index (χ3n) is 15.0. The van der Waals surface area contributed by atoms with Gasteiger partial charge in [-0.1, -0.05) is 165 Å². The molecule has 0 atom stereocenters. The molecule has 0 aliphatic rings. The molecule has 0 amide bonds. The fourth-order valence-corrected chi connectivity index (χ4v) is 10.8. The number of para-hydroxylation sites is 2. The summed E-state index contributed by atoms with van der Waals surface area (Å²) in [6.45, 7) is 27.0. The van der Waals surface area contributed by atoms with Gasteiger partial charge in [-0.2, -0.15) is 0 Å². The molecule has 12 rings (SSSR count). The monoisotopic (exact) mass is 1180 g/mol. The van der Waals surface area contributed by atoms with Crippen LogP contribution in [0.15, 0.2) is 174 Å². The summed E-state index contributed by atoms with van der Waals surface area (Å²) < 4.78 is 9.31. The van der Waals surface area contributed by atoms with E-state index in [4.69, 9.17) is 9.40 Å². The number of rotatable bonds is 7. The topological polar surface area (TPSA) is 56.7 Å². The van der Waals surface area contributed by atoms with E-state index < -0.39 is 0 Å². The van der Waals surface area contributed by atoms with E-state index >= 15 is 0 Å². The first-order chi connectivity index (χ1) is 36.4. The summed E-state index contributed by atoms with van der Waals surface area (Å²) in [6.07, 6.45) is 1.81. The van der Waals surface area contributed by atoms with E-state index in [2.05, 4.69) is 237 Å². The molecule has 0 spiro atoms. The normalized spacial score (nSPS) is 12.0. The van der Waals surface area contributed by atoms with Crippen LogP contribution in [0.4, 0.5) is 0 Å². The molecule has 6 heteroatoms. The van der Waals surface area contributed by atoms with E-state index in [9.17, 15) is 0 Å². The molecule has 387 valence electrons. The van der Waals surface area contributed by atoms with Crippen LogP contribution in [-0.4, -0.2) is 19.5 Å². The van der Waals surface area contributed by atoms with Crippen LogP contribution in [0.5, 0.6) is 0 Å². The average Bonchev–Trinajstić information content (AvgIpc) is 4.11. The minimum absolute atomic E-state index is 0. The van der Waals surface area contributed by atoms with E-state index in [0.29, 0.717) is 0 Å². The second-order valence-corrected chi connectivity index (χ2v) is 23.2. The Labute approximate surface area is 467 Å². The minimum Gasteiger partial charge on any atom is -0.501 e. The van der Waals surface area contributed by atoms with E-state index in [1.807, 2.05) is 42.6 Å². The SMILES string of the molecule is CC(C)(C)c1ccnc(-c2[c-]cccc2)n1.Cc1cc(-c2cc(C(C)C)c(-n3c(-c4[c-]ccc5c4oc4cc6c(ccc7ccccc76)cc45)nc4ccccc43)c(C(C)C)c2)c(C)cc1-c1ccc(C(C)(C)C)cc1.[Ir]. The van der Waals surface area contributed by atoms with Gasteiger partial charge in [0.2, 0.25) is 0 Å². The minimum atomic E-state index is 0. The maximum atomic E-state index is 6.92. The van der Waals surface area contributed by atoms with E-state index in [-0.39, 0.29) is 42.8 Å². The number of fused-ring (bicyclic) bond motifs is 7. The molecule has 0 fully saturated rings. The molecule has 0 N–H and O–H groups in total. The van der Waals surface area contributed by atoms with E-state index in [1.165, 1.54) is 77.3 Å². The third-order valence-corrected chi connectivity index (χ3v) is 15.0. The molecule has 3 heterocycles. The van der Waals surface area contributed by atoms with Gasteiger partial charge in [0.15, 0.2) is 0 Å². The Bertz CT molecular complexity index is 4120. The standard InChI is InChI=1S/C57H51N2O.C14H15N2.Ir/c1-33(2)45-30-40(48-28-35(5)47(27-36(48)6)38-23-25-41(26-24-38)57(7,8)9)31-46(34(3)4)54(45)59-52-20-13-12-19-51(52)58-56(59)44-18-14-17-43-50-29-39-22-21-37-15-10-11-16-42(37)49(39)32-53(50)60-55(43)44;1-14(2,3)12-9-10-15-13(16-12)11-7-5-4-6-8-11;/h10-17,19-34H,1-9H3;4-7,9-10H,1-3H3;/q2*-1;. The quantitative estimate of drug-likeness (QED) is 0.118. The first-order valence-electron chi connectivity index (χ1n) is 26.8. The average molecular weight is 1180 g/mol. The summed E-state index contributed by atoms with van der Waals surface area (Å²) in [5.74, 6) is 2.05. The molecule has 0 saturated heterocycles. The van der Waals surface area contributed by atoms with Crippen LogP contribution in [0, 0.1) is 26.0 Å². The Kier molecular flexibility index (Phi) is 14.3. The van der Waals surface area contributed by atoms with Gasteiger partial charge < -0.3 is 8.98 Å². The number of benzene rings is 9. The molecule has 0 aliphatic carbocycles. The van der Waals surface area contributed by atoms with Crippen molar-refractivity contribution in [1.29, 1.82) is 0 Å². The van der Waals surface area contributed by atoms with Crippen molar-refractivity contribution in [3.63, 3.8) is 0 Å². The van der Waals surface area contributed by atoms with Crippen molar-refractivity contribution in [2.75, 3.05) is 0 Å². The van der Waals surface area contributed by atoms with Crippen LogP contribution in [-0.2, 0) is 30.9 Å². The number of furan rings is 1. The smallest absolute Gasteiger partial charge is 0.121 e. The van der Waals surface area contributed by atoms with Crippen molar-refractivity contribution in [2.24, 2.45) is 0 Å². The molecule has 9 aromatic carbocycles. The van der Waals surface area contributed by atoms with Gasteiger partial charge in [0.05, 0.1) is 28.3 Å². The molecule has 12 aromatic rings. The van der Waals surface area contributed by atoms with E-state index in [1.54, 1.807) is 0 Å². The summed E-state index contributed by atoms with van der Waals surface area (Å²) in [6, 6.07) is 65.5. The van der Waals surface area contributed by atoms with Crippen molar-refractivity contribution in [1.82, 2.24) is 19.5 Å². The fraction of sp³-hybridized carbons (Fsp3) is 0.225. The Morgan fingerprint density at radius 1 is 0.545 bits per heavy atom. The fourth-order valence-electron chi connectivity index (χ4n) is 10.8. The molecule has 0 saturated carbocycles. The Morgan fingerprint density at radius 3 is 1.88 bits per heavy atom. The molecule has 0 bridgehead atoms. The Balaban J connectivity index is 0.000000339. The van der Waals surface area contributed by atoms with Gasteiger partial charge in [0, 0.05) is 48.5 Å². The van der Waals surface area contributed by atoms with Crippen LogP contribution >= 0.6 is 0 Å². The number of hydrogen-bond donors (Lipinski definition) is 0. The zero-order valence-electron chi connectivity index (χ0n) is 46.4. The number of hydrogen-bond acceptors (Lipinski definition) is 4. The number of aromatic nitrogens is 4. The number of imidazole rings is 1. The largest absolute Gasteiger partial charge is 0.501 e. The van der Waals surface area contributed by atoms with Gasteiger partial charge >= 0.3 is 0 Å². The third kappa shape index (κ3) is 10.1. The van der Waals surface area contributed by atoms with Crippen LogP contribution in [0.1, 0.15) is 115 Å². The molecule has 3 aromatic heterocycles. The first kappa shape index (κ1) is 52.9. The summed E-state index contributed by atoms with van der Waals surface area (Å²) >= 11 is 0. The summed E-state index contributed by atoms with van der Waals surface area (Å²) in [5, 5.41) is 7.00. The summed E-state index contributed by atoms with van der Waals surface area (Å²) in [7, 11) is 0. The van der Waals surface area contributed by atoms with Crippen LogP contribution in [0.25, 0.3) is 105 Å². The Morgan fingerprint density at radius 2 is 1.21 bits per heavy atom. The molecular weight excluding hydrogens is 1120 g/mol. The molecule has 1 radical (unpaired) electrons. The molecule has 5 nitrogen and oxygen atoms in total. The van der Waals surface area contributed by atoms with Crippen molar-refractivity contribution in [2.45, 2.75) is 106 Å². The van der Waals surface area contributed by atoms with Gasteiger partial charge in [0.25, 0.3) is 0 Å². The molecular formula is C71H66IrN4O-2. The van der Waals surface area contributed by atoms with Crippen molar-refractivity contribution in [3.8, 4) is 50.7 Å². The van der Waals surface area contributed by atoms with E-state index in [0.717, 1.165) is 61.4 Å². The van der Waals surface area contributed by atoms with Crippen molar-refractivity contribution < 1.29 is 24.5 Å². The van der Waals surface area contributed by atoms with Crippen molar-refractivity contribution >= 4 is 54.5 Å². The second-order valence-electron chi connectivity index (χ2n) is 23.2. The zero-order chi connectivity index (χ0) is 53.2. The van der Waals surface area contributed by atoms with Crippen LogP contribution < -0.4 is 0 Å². The number of aryl methyl sites for hydroxylation is 2. The Hall–Kier alpha value is -7.50. The molecule has 77 heavy (non-hydrogen) atoms. The van der Waals surface area contributed by atoms with Crippen LogP contribution in [0.2, 0.25) is 0 Å². The van der Waals surface area contributed by atoms with Gasteiger partial charge in [-0.05, 0) is 145 Å².